The number of nitrogens with two attached hydrogens (primary N) is 1. The van der Waals surface area contributed by atoms with Crippen molar-refractivity contribution < 1.29 is 9.37 Å². The standard InChI is InChI=1S/C17H11FN4/c18-13-5-3-11(4-6-13)14-8-16(12-2-1-7-21-10-12)22-17(20)15(14)9-19/h1-8,10H,(H2,20,22)/p+1. The van der Waals surface area contributed by atoms with Crippen molar-refractivity contribution in [1.29, 1.82) is 5.26 Å². The quantitative estimate of drug-likeness (QED) is 0.788. The summed E-state index contributed by atoms with van der Waals surface area (Å²) in [7, 11) is 0. The van der Waals surface area contributed by atoms with Gasteiger partial charge in [0.25, 0.3) is 0 Å². The van der Waals surface area contributed by atoms with Crippen molar-refractivity contribution in [1.82, 2.24) is 4.98 Å². The summed E-state index contributed by atoms with van der Waals surface area (Å²) >= 11 is 0. The average molecular weight is 291 g/mol. The molecule has 0 unspecified atom stereocenters. The number of nitrogens with one attached hydrogen (secondary N) is 1. The Kier molecular flexibility index (Phi) is 3.50. The molecule has 0 fully saturated rings. The number of H-pyrrole nitrogens is 1. The molecule has 0 bridgehead atoms. The van der Waals surface area contributed by atoms with Gasteiger partial charge in [0.2, 0.25) is 0 Å². The number of nitrogens with zero attached hydrogens (tertiary/aromatic N) is 2. The van der Waals surface area contributed by atoms with Crippen LogP contribution >= 0.6 is 0 Å². The average Bonchev–Trinajstić information content (AvgIpc) is 2.55. The Labute approximate surface area is 126 Å². The molecule has 2 aromatic heterocycles. The fraction of sp³-hybridized carbons (Fsp3) is 0. The summed E-state index contributed by atoms with van der Waals surface area (Å²) in [5.74, 6) is -0.176. The second-order valence-corrected chi connectivity index (χ2v) is 4.73. The Bertz CT molecular complexity index is 852. The molecule has 22 heavy (non-hydrogen) atoms. The van der Waals surface area contributed by atoms with E-state index in [1.54, 1.807) is 30.6 Å². The summed E-state index contributed by atoms with van der Waals surface area (Å²) in [4.78, 5) is 7.26. The number of pyridine rings is 2. The van der Waals surface area contributed by atoms with Crippen LogP contribution in [-0.2, 0) is 0 Å². The van der Waals surface area contributed by atoms with Crippen LogP contribution in [0.3, 0.4) is 0 Å². The van der Waals surface area contributed by atoms with Crippen LogP contribution in [0, 0.1) is 17.1 Å². The minimum atomic E-state index is -0.331. The molecule has 0 atom stereocenters. The summed E-state index contributed by atoms with van der Waals surface area (Å²) in [6, 6.07) is 13.5. The minimum Gasteiger partial charge on any atom is -0.383 e. The largest absolute Gasteiger partial charge is 0.383 e. The van der Waals surface area contributed by atoms with Gasteiger partial charge in [-0.3, -0.25) is 0 Å². The second-order valence-electron chi connectivity index (χ2n) is 4.73. The van der Waals surface area contributed by atoms with Crippen molar-refractivity contribution in [3.63, 3.8) is 0 Å². The Balaban J connectivity index is 2.22. The predicted molar refractivity (Wildman–Crippen MR) is 80.8 cm³/mol. The number of aromatic nitrogens is 2. The van der Waals surface area contributed by atoms with Gasteiger partial charge in [-0.1, -0.05) is 12.1 Å². The number of benzene rings is 1. The second kappa shape index (κ2) is 5.62. The van der Waals surface area contributed by atoms with Crippen LogP contribution in [0.25, 0.3) is 22.4 Å². The highest BCUT2D eigenvalue weighted by Crippen LogP contribution is 2.30. The first-order valence-corrected chi connectivity index (χ1v) is 6.62. The Morgan fingerprint density at radius 3 is 2.55 bits per heavy atom. The van der Waals surface area contributed by atoms with Gasteiger partial charge in [-0.25, -0.2) is 14.4 Å². The molecule has 5 heteroatoms. The molecule has 2 heterocycles. The first-order valence-electron chi connectivity index (χ1n) is 6.62. The highest BCUT2D eigenvalue weighted by Gasteiger charge is 2.14. The lowest BCUT2D eigenvalue weighted by Crippen LogP contribution is -2.02. The molecule has 4 nitrogen and oxygen atoms in total. The van der Waals surface area contributed by atoms with Gasteiger partial charge in [0, 0.05) is 11.6 Å². The summed E-state index contributed by atoms with van der Waals surface area (Å²) in [6.07, 6.45) is 3.58. The molecular weight excluding hydrogens is 279 g/mol. The lowest BCUT2D eigenvalue weighted by Gasteiger charge is -2.09. The third-order valence-corrected chi connectivity index (χ3v) is 3.32. The van der Waals surface area contributed by atoms with Gasteiger partial charge in [-0.15, -0.1) is 0 Å². The predicted octanol–water partition coefficient (Wildman–Crippen LogP) is 2.82. The van der Waals surface area contributed by atoms with Gasteiger partial charge in [0.05, 0.1) is 11.3 Å². The van der Waals surface area contributed by atoms with Crippen LogP contribution in [0.5, 0.6) is 0 Å². The zero-order chi connectivity index (χ0) is 15.5. The fourth-order valence-corrected chi connectivity index (χ4v) is 2.24. The zero-order valence-electron chi connectivity index (χ0n) is 11.5. The van der Waals surface area contributed by atoms with Gasteiger partial charge >= 0.3 is 0 Å². The maximum absolute atomic E-state index is 13.1. The number of hydrogen-bond acceptors (Lipinski definition) is 3. The van der Waals surface area contributed by atoms with E-state index in [-0.39, 0.29) is 17.2 Å². The molecular formula is C17H12FN4+. The lowest BCUT2D eigenvalue weighted by molar-refractivity contribution is -0.377. The molecule has 0 saturated heterocycles. The monoisotopic (exact) mass is 291 g/mol. The molecule has 0 aliphatic heterocycles. The third kappa shape index (κ3) is 2.50. The van der Waals surface area contributed by atoms with Crippen LogP contribution in [0.4, 0.5) is 10.2 Å². The zero-order valence-corrected chi connectivity index (χ0v) is 11.5. The maximum atomic E-state index is 13.1. The molecule has 0 aliphatic rings. The smallest absolute Gasteiger partial charge is 0.176 e. The third-order valence-electron chi connectivity index (χ3n) is 3.32. The Morgan fingerprint density at radius 2 is 1.91 bits per heavy atom. The summed E-state index contributed by atoms with van der Waals surface area (Å²) < 4.78 is 13.1. The number of hydrogen-bond donors (Lipinski definition) is 1. The number of nitrogen functional groups attached to an aromatic ring is 1. The molecule has 0 amide bonds. The van der Waals surface area contributed by atoms with E-state index in [1.165, 1.54) is 12.1 Å². The highest BCUT2D eigenvalue weighted by atomic mass is 19.1. The van der Waals surface area contributed by atoms with E-state index < -0.39 is 0 Å². The number of halogens is 1. The molecule has 1 aromatic carbocycles. The molecule has 3 N–H and O–H groups in total. The van der Waals surface area contributed by atoms with Crippen LogP contribution < -0.4 is 10.7 Å². The van der Waals surface area contributed by atoms with E-state index in [2.05, 4.69) is 16.0 Å². The van der Waals surface area contributed by atoms with E-state index in [1.807, 2.05) is 12.1 Å². The van der Waals surface area contributed by atoms with Crippen molar-refractivity contribution in [2.75, 3.05) is 5.73 Å². The molecule has 0 aliphatic carbocycles. The van der Waals surface area contributed by atoms with Crippen LogP contribution in [0.2, 0.25) is 0 Å². The van der Waals surface area contributed by atoms with Crippen molar-refractivity contribution in [2.45, 2.75) is 0 Å². The molecule has 3 rings (SSSR count). The van der Waals surface area contributed by atoms with Crippen LogP contribution in [0.15, 0.2) is 54.9 Å². The number of aromatic amines is 1. The summed E-state index contributed by atoms with van der Waals surface area (Å²) in [5, 5.41) is 9.33. The molecule has 106 valence electrons. The van der Waals surface area contributed by atoms with E-state index in [9.17, 15) is 9.65 Å². The van der Waals surface area contributed by atoms with Crippen molar-refractivity contribution >= 4 is 5.82 Å². The van der Waals surface area contributed by atoms with E-state index in [4.69, 9.17) is 5.73 Å². The van der Waals surface area contributed by atoms with Gasteiger partial charge in [0.15, 0.2) is 12.4 Å². The summed E-state index contributed by atoms with van der Waals surface area (Å²) in [5.41, 5.74) is 9.05. The van der Waals surface area contributed by atoms with E-state index in [0.29, 0.717) is 16.8 Å². The molecule has 3 aromatic rings. The first kappa shape index (κ1) is 13.7. The van der Waals surface area contributed by atoms with Crippen LogP contribution in [0.1, 0.15) is 5.56 Å². The number of anilines is 1. The Hall–Kier alpha value is -3.26. The Morgan fingerprint density at radius 1 is 1.14 bits per heavy atom. The summed E-state index contributed by atoms with van der Waals surface area (Å²) in [6.45, 7) is 0. The topological polar surface area (TPSA) is 76.8 Å². The van der Waals surface area contributed by atoms with Crippen LogP contribution in [-0.4, -0.2) is 4.98 Å². The minimum absolute atomic E-state index is 0.156. The van der Waals surface area contributed by atoms with E-state index >= 15 is 0 Å². The van der Waals surface area contributed by atoms with Crippen molar-refractivity contribution in [3.8, 4) is 28.5 Å². The van der Waals surface area contributed by atoms with Gasteiger partial charge in [0.1, 0.15) is 23.3 Å². The molecule has 0 saturated carbocycles. The maximum Gasteiger partial charge on any atom is 0.176 e. The lowest BCUT2D eigenvalue weighted by atomic mass is 9.99. The van der Waals surface area contributed by atoms with Gasteiger partial charge in [-0.2, -0.15) is 5.26 Å². The molecule has 0 spiro atoms. The highest BCUT2D eigenvalue weighted by molar-refractivity contribution is 5.79. The molecule has 0 radical (unpaired) electrons. The normalized spacial score (nSPS) is 10.2. The first-order chi connectivity index (χ1) is 10.7. The van der Waals surface area contributed by atoms with Crippen molar-refractivity contribution in [2.24, 2.45) is 0 Å². The number of nitriles is 1. The van der Waals surface area contributed by atoms with Gasteiger partial charge < -0.3 is 5.73 Å². The SMILES string of the molecule is N#Cc1c(-c2ccc(F)cc2)cc(-c2ccc[nH+]c2)nc1N. The van der Waals surface area contributed by atoms with Gasteiger partial charge in [-0.05, 0) is 29.8 Å². The fourth-order valence-electron chi connectivity index (χ4n) is 2.24. The van der Waals surface area contributed by atoms with E-state index in [0.717, 1.165) is 5.56 Å². The number of rotatable bonds is 2. The van der Waals surface area contributed by atoms with Crippen molar-refractivity contribution in [3.05, 3.63) is 66.2 Å².